The first-order valence-corrected chi connectivity index (χ1v) is 10.1. The molecule has 0 aliphatic heterocycles. The Hall–Kier alpha value is -1.49. The van der Waals surface area contributed by atoms with E-state index in [1.807, 2.05) is 29.5 Å². The second-order valence-electron chi connectivity index (χ2n) is 5.06. The van der Waals surface area contributed by atoms with Crippen LogP contribution in [0.2, 0.25) is 0 Å². The molecule has 1 aromatic heterocycles. The van der Waals surface area contributed by atoms with E-state index in [2.05, 4.69) is 23.4 Å². The first-order chi connectivity index (χ1) is 11.1. The number of carbonyl (C=O) groups excluding carboxylic acids is 1. The van der Waals surface area contributed by atoms with E-state index in [0.717, 1.165) is 6.26 Å². The maximum atomic E-state index is 11.8. The zero-order valence-corrected chi connectivity index (χ0v) is 16.8. The first kappa shape index (κ1) is 20.6. The lowest BCUT2D eigenvalue weighted by Gasteiger charge is -2.11. The van der Waals surface area contributed by atoms with Gasteiger partial charge in [0, 0.05) is 12.5 Å². The lowest BCUT2D eigenvalue weighted by Crippen LogP contribution is -2.08. The van der Waals surface area contributed by atoms with Gasteiger partial charge in [-0.2, -0.15) is 5.10 Å². The predicted octanol–water partition coefficient (Wildman–Crippen LogP) is 2.76. The van der Waals surface area contributed by atoms with Crippen LogP contribution in [0.15, 0.2) is 34.4 Å². The summed E-state index contributed by atoms with van der Waals surface area (Å²) in [7, 11) is -3.46. The van der Waals surface area contributed by atoms with Crippen molar-refractivity contribution in [2.45, 2.75) is 26.3 Å². The molecule has 0 amide bonds. The van der Waals surface area contributed by atoms with Crippen LogP contribution in [-0.2, 0) is 14.6 Å². The van der Waals surface area contributed by atoms with Gasteiger partial charge < -0.3 is 4.74 Å². The van der Waals surface area contributed by atoms with Gasteiger partial charge in [-0.05, 0) is 49.6 Å². The number of esters is 1. The van der Waals surface area contributed by atoms with E-state index < -0.39 is 15.8 Å². The first-order valence-electron chi connectivity index (χ1n) is 7.09. The van der Waals surface area contributed by atoms with Crippen molar-refractivity contribution in [3.05, 3.63) is 38.7 Å². The number of halogens is 1. The van der Waals surface area contributed by atoms with Crippen LogP contribution in [0, 0.1) is 3.70 Å². The Morgan fingerprint density at radius 2 is 2.21 bits per heavy atom. The molecule has 0 spiro atoms. The highest BCUT2D eigenvalue weighted by Crippen LogP contribution is 2.21. The standard InChI is InChI=1S/C15H20IN3O4S/c1-6-23-15(20)12-9-19(18-14(12)16)10(2)7-8-13(11(3)17-4)24(5,21)22/h8-10H,3-4,6-7H2,1-2,5H3/b13-8+. The fourth-order valence-corrected chi connectivity index (χ4v) is 3.39. The second-order valence-corrected chi connectivity index (χ2v) is 8.07. The third-order valence-corrected chi connectivity index (χ3v) is 5.15. The average Bonchev–Trinajstić information content (AvgIpc) is 2.88. The Balaban J connectivity index is 3.03. The van der Waals surface area contributed by atoms with E-state index in [0.29, 0.717) is 15.7 Å². The molecule has 1 aromatic rings. The van der Waals surface area contributed by atoms with E-state index in [1.165, 1.54) is 6.08 Å². The molecule has 0 aliphatic carbocycles. The van der Waals surface area contributed by atoms with E-state index in [1.54, 1.807) is 17.8 Å². The highest BCUT2D eigenvalue weighted by molar-refractivity contribution is 14.1. The van der Waals surface area contributed by atoms with Crippen molar-refractivity contribution in [1.29, 1.82) is 0 Å². The van der Waals surface area contributed by atoms with Crippen molar-refractivity contribution in [2.24, 2.45) is 4.99 Å². The Kier molecular flexibility index (Phi) is 7.33. The predicted molar refractivity (Wildman–Crippen MR) is 102 cm³/mol. The lowest BCUT2D eigenvalue weighted by molar-refractivity contribution is 0.0525. The zero-order valence-electron chi connectivity index (χ0n) is 13.8. The van der Waals surface area contributed by atoms with Gasteiger partial charge in [0.05, 0.1) is 23.3 Å². The minimum absolute atomic E-state index is 0.0387. The van der Waals surface area contributed by atoms with Crippen LogP contribution in [0.3, 0.4) is 0 Å². The molecule has 1 unspecified atom stereocenters. The number of carbonyl (C=O) groups is 1. The van der Waals surface area contributed by atoms with Crippen molar-refractivity contribution < 1.29 is 17.9 Å². The smallest absolute Gasteiger partial charge is 0.342 e. The average molecular weight is 465 g/mol. The van der Waals surface area contributed by atoms with Crippen LogP contribution >= 0.6 is 22.6 Å². The SMILES string of the molecule is C=NC(=C)/C(=C\CC(C)n1cc(C(=O)OCC)c(I)n1)S(C)(=O)=O. The summed E-state index contributed by atoms with van der Waals surface area (Å²) < 4.78 is 30.7. The van der Waals surface area contributed by atoms with Gasteiger partial charge in [0.15, 0.2) is 9.84 Å². The van der Waals surface area contributed by atoms with E-state index in [4.69, 9.17) is 4.74 Å². The van der Waals surface area contributed by atoms with Gasteiger partial charge in [-0.25, -0.2) is 13.2 Å². The molecular weight excluding hydrogens is 445 g/mol. The molecule has 1 rings (SSSR count). The Bertz CT molecular complexity index is 781. The van der Waals surface area contributed by atoms with E-state index >= 15 is 0 Å². The topological polar surface area (TPSA) is 90.6 Å². The normalized spacial score (nSPS) is 13.4. The minimum Gasteiger partial charge on any atom is -0.462 e. The fourth-order valence-electron chi connectivity index (χ4n) is 1.89. The number of aliphatic imine (C=N–C) groups is 1. The molecule has 0 fully saturated rings. The fraction of sp³-hybridized carbons (Fsp3) is 0.400. The van der Waals surface area contributed by atoms with Crippen molar-refractivity contribution in [1.82, 2.24) is 9.78 Å². The number of rotatable bonds is 8. The molecule has 0 bridgehead atoms. The molecule has 0 saturated heterocycles. The molecule has 1 heterocycles. The molecule has 1 atom stereocenters. The van der Waals surface area contributed by atoms with Crippen LogP contribution in [0.5, 0.6) is 0 Å². The molecule has 0 saturated carbocycles. The van der Waals surface area contributed by atoms with Crippen molar-refractivity contribution in [3.63, 3.8) is 0 Å². The van der Waals surface area contributed by atoms with Crippen LogP contribution in [0.25, 0.3) is 0 Å². The summed E-state index contributed by atoms with van der Waals surface area (Å²) in [5.74, 6) is -0.433. The summed E-state index contributed by atoms with van der Waals surface area (Å²) in [6.45, 7) is 10.8. The summed E-state index contributed by atoms with van der Waals surface area (Å²) in [6.07, 6.45) is 4.60. The molecule has 0 aromatic carbocycles. The highest BCUT2D eigenvalue weighted by atomic mass is 127. The second kappa shape index (κ2) is 8.56. The molecular formula is C15H20IN3O4S. The summed E-state index contributed by atoms with van der Waals surface area (Å²) >= 11 is 1.96. The maximum Gasteiger partial charge on any atom is 0.342 e. The number of nitrogens with zero attached hydrogens (tertiary/aromatic N) is 3. The Labute approximate surface area is 155 Å². The Morgan fingerprint density at radius 1 is 1.58 bits per heavy atom. The third-order valence-electron chi connectivity index (χ3n) is 3.15. The number of hydrogen-bond donors (Lipinski definition) is 0. The molecule has 24 heavy (non-hydrogen) atoms. The van der Waals surface area contributed by atoms with Crippen molar-refractivity contribution >= 4 is 45.1 Å². The van der Waals surface area contributed by atoms with Gasteiger partial charge in [-0.1, -0.05) is 12.7 Å². The number of sulfone groups is 1. The molecule has 0 radical (unpaired) electrons. The van der Waals surface area contributed by atoms with Gasteiger partial charge in [0.25, 0.3) is 0 Å². The minimum atomic E-state index is -3.46. The number of allylic oxidation sites excluding steroid dienone is 1. The molecule has 9 heteroatoms. The summed E-state index contributed by atoms with van der Waals surface area (Å²) in [5, 5.41) is 4.28. The number of ether oxygens (including phenoxy) is 1. The van der Waals surface area contributed by atoms with E-state index in [9.17, 15) is 13.2 Å². The maximum absolute atomic E-state index is 11.8. The van der Waals surface area contributed by atoms with Crippen LogP contribution in [-0.4, -0.2) is 43.7 Å². The Morgan fingerprint density at radius 3 is 2.71 bits per heavy atom. The van der Waals surface area contributed by atoms with Gasteiger partial charge in [0.2, 0.25) is 0 Å². The molecule has 0 N–H and O–H groups in total. The van der Waals surface area contributed by atoms with Crippen molar-refractivity contribution in [3.8, 4) is 0 Å². The summed E-state index contributed by atoms with van der Waals surface area (Å²) in [5.41, 5.74) is 0.487. The van der Waals surface area contributed by atoms with Crippen LogP contribution < -0.4 is 0 Å². The summed E-state index contributed by atoms with van der Waals surface area (Å²) in [6, 6.07) is -0.170. The van der Waals surface area contributed by atoms with E-state index in [-0.39, 0.29) is 23.3 Å². The number of aromatic nitrogens is 2. The highest BCUT2D eigenvalue weighted by Gasteiger charge is 2.19. The van der Waals surface area contributed by atoms with Gasteiger partial charge in [0.1, 0.15) is 9.26 Å². The quantitative estimate of drug-likeness (QED) is 0.255. The third kappa shape index (κ3) is 5.26. The molecule has 0 aliphatic rings. The number of hydrogen-bond acceptors (Lipinski definition) is 6. The molecule has 7 nitrogen and oxygen atoms in total. The van der Waals surface area contributed by atoms with Crippen molar-refractivity contribution in [2.75, 3.05) is 12.9 Å². The largest absolute Gasteiger partial charge is 0.462 e. The molecule has 132 valence electrons. The zero-order chi connectivity index (χ0) is 18.5. The van der Waals surface area contributed by atoms with Crippen LogP contribution in [0.4, 0.5) is 0 Å². The van der Waals surface area contributed by atoms with Gasteiger partial charge in [-0.15, -0.1) is 0 Å². The summed E-state index contributed by atoms with van der Waals surface area (Å²) in [4.78, 5) is 15.5. The van der Waals surface area contributed by atoms with Gasteiger partial charge >= 0.3 is 5.97 Å². The van der Waals surface area contributed by atoms with Gasteiger partial charge in [-0.3, -0.25) is 9.67 Å². The monoisotopic (exact) mass is 465 g/mol. The lowest BCUT2D eigenvalue weighted by atomic mass is 10.2. The van der Waals surface area contributed by atoms with Crippen LogP contribution in [0.1, 0.15) is 36.7 Å².